The van der Waals surface area contributed by atoms with Gasteiger partial charge in [0.15, 0.2) is 6.10 Å². The number of pyridine rings is 1. The van der Waals surface area contributed by atoms with Crippen LogP contribution in [-0.4, -0.2) is 41.7 Å². The molecule has 3 N–H and O–H groups in total. The summed E-state index contributed by atoms with van der Waals surface area (Å²) >= 11 is 0. The fourth-order valence-electron chi connectivity index (χ4n) is 1.11. The topological polar surface area (TPSA) is 108 Å². The Morgan fingerprint density at radius 3 is 2.71 bits per heavy atom. The summed E-state index contributed by atoms with van der Waals surface area (Å²) in [5.41, 5.74) is -0.0771. The number of H-pyrrole nitrogens is 1. The number of hydrogen-bond donors (Lipinski definition) is 3. The standard InChI is InChI=1S/C10H12N2O5/c1-17-7(10(15)16)5-12-9(14)6-2-3-8(13)11-4-6/h2-4,7H,5H2,1H3,(H,11,13)(H,12,14)(H,15,16). The molecule has 1 aromatic rings. The van der Waals surface area contributed by atoms with Gasteiger partial charge in [-0.15, -0.1) is 0 Å². The fraction of sp³-hybridized carbons (Fsp3) is 0.300. The molecule has 0 aliphatic heterocycles. The van der Waals surface area contributed by atoms with Crippen LogP contribution in [0.15, 0.2) is 23.1 Å². The summed E-state index contributed by atoms with van der Waals surface area (Å²) in [5.74, 6) is -1.64. The van der Waals surface area contributed by atoms with E-state index in [1.165, 1.54) is 25.4 Å². The van der Waals surface area contributed by atoms with Crippen LogP contribution in [0.2, 0.25) is 0 Å². The lowest BCUT2D eigenvalue weighted by molar-refractivity contribution is -0.148. The van der Waals surface area contributed by atoms with E-state index in [-0.39, 0.29) is 17.7 Å². The van der Waals surface area contributed by atoms with E-state index in [2.05, 4.69) is 15.0 Å². The summed E-state index contributed by atoms with van der Waals surface area (Å²) in [4.78, 5) is 35.2. The number of rotatable bonds is 5. The van der Waals surface area contributed by atoms with E-state index < -0.39 is 18.0 Å². The monoisotopic (exact) mass is 240 g/mol. The third-order valence-electron chi connectivity index (χ3n) is 2.05. The number of methoxy groups -OCH3 is 1. The molecule has 7 nitrogen and oxygen atoms in total. The Morgan fingerprint density at radius 1 is 1.53 bits per heavy atom. The van der Waals surface area contributed by atoms with E-state index in [9.17, 15) is 14.4 Å². The fourth-order valence-corrected chi connectivity index (χ4v) is 1.11. The number of aliphatic carboxylic acids is 1. The van der Waals surface area contributed by atoms with E-state index in [0.29, 0.717) is 0 Å². The molecule has 0 fully saturated rings. The second kappa shape index (κ2) is 5.80. The highest BCUT2D eigenvalue weighted by Crippen LogP contribution is 1.94. The second-order valence-corrected chi connectivity index (χ2v) is 3.21. The number of aromatic nitrogens is 1. The molecule has 17 heavy (non-hydrogen) atoms. The van der Waals surface area contributed by atoms with Crippen LogP contribution in [0, 0.1) is 0 Å². The van der Waals surface area contributed by atoms with Gasteiger partial charge in [-0.05, 0) is 6.07 Å². The van der Waals surface area contributed by atoms with Gasteiger partial charge in [0, 0.05) is 19.4 Å². The highest BCUT2D eigenvalue weighted by molar-refractivity contribution is 5.94. The number of carbonyl (C=O) groups is 2. The Labute approximate surface area is 96.4 Å². The Hall–Kier alpha value is -2.15. The lowest BCUT2D eigenvalue weighted by atomic mass is 10.2. The molecule has 92 valence electrons. The lowest BCUT2D eigenvalue weighted by Gasteiger charge is -2.11. The van der Waals surface area contributed by atoms with Crippen LogP contribution >= 0.6 is 0 Å². The number of carboxylic acid groups (broad SMARTS) is 1. The Balaban J connectivity index is 2.58. The molecule has 0 aliphatic rings. The van der Waals surface area contributed by atoms with Gasteiger partial charge in [-0.25, -0.2) is 4.79 Å². The number of amides is 1. The van der Waals surface area contributed by atoms with Gasteiger partial charge in [0.05, 0.1) is 12.1 Å². The molecular weight excluding hydrogens is 228 g/mol. The number of hydrogen-bond acceptors (Lipinski definition) is 4. The highest BCUT2D eigenvalue weighted by atomic mass is 16.5. The average molecular weight is 240 g/mol. The molecule has 0 bridgehead atoms. The van der Waals surface area contributed by atoms with Crippen molar-refractivity contribution in [2.45, 2.75) is 6.10 Å². The largest absolute Gasteiger partial charge is 0.479 e. The first kappa shape index (κ1) is 12.9. The van der Waals surface area contributed by atoms with Crippen LogP contribution in [0.1, 0.15) is 10.4 Å². The van der Waals surface area contributed by atoms with Crippen molar-refractivity contribution in [2.24, 2.45) is 0 Å². The molecule has 0 aromatic carbocycles. The van der Waals surface area contributed by atoms with Gasteiger partial charge in [-0.2, -0.15) is 0 Å². The number of nitrogens with one attached hydrogen (secondary N) is 2. The molecule has 0 saturated heterocycles. The van der Waals surface area contributed by atoms with E-state index in [1.807, 2.05) is 0 Å². The molecule has 1 heterocycles. The van der Waals surface area contributed by atoms with E-state index in [0.717, 1.165) is 0 Å². The summed E-state index contributed by atoms with van der Waals surface area (Å²) in [7, 11) is 1.24. The van der Waals surface area contributed by atoms with Gasteiger partial charge in [0.1, 0.15) is 0 Å². The first-order valence-corrected chi connectivity index (χ1v) is 4.77. The first-order chi connectivity index (χ1) is 8.04. The molecular formula is C10H12N2O5. The predicted molar refractivity (Wildman–Crippen MR) is 57.8 cm³/mol. The van der Waals surface area contributed by atoms with Gasteiger partial charge in [-0.3, -0.25) is 9.59 Å². The van der Waals surface area contributed by atoms with Crippen LogP contribution in [-0.2, 0) is 9.53 Å². The molecule has 7 heteroatoms. The van der Waals surface area contributed by atoms with E-state index >= 15 is 0 Å². The van der Waals surface area contributed by atoms with Crippen LogP contribution < -0.4 is 10.9 Å². The molecule has 0 spiro atoms. The summed E-state index contributed by atoms with van der Waals surface area (Å²) in [6, 6.07) is 2.55. The van der Waals surface area contributed by atoms with E-state index in [1.54, 1.807) is 0 Å². The minimum atomic E-state index is -1.16. The molecule has 1 rings (SSSR count). The van der Waals surface area contributed by atoms with Gasteiger partial charge in [-0.1, -0.05) is 0 Å². The van der Waals surface area contributed by atoms with Crippen LogP contribution in [0.25, 0.3) is 0 Å². The predicted octanol–water partition coefficient (Wildman–Crippen LogP) is -0.796. The van der Waals surface area contributed by atoms with Crippen LogP contribution in [0.5, 0.6) is 0 Å². The maximum absolute atomic E-state index is 11.5. The summed E-state index contributed by atoms with van der Waals surface area (Å²) in [6.45, 7) is -0.149. The minimum Gasteiger partial charge on any atom is -0.479 e. The molecule has 0 saturated carbocycles. The smallest absolute Gasteiger partial charge is 0.334 e. The van der Waals surface area contributed by atoms with Gasteiger partial charge >= 0.3 is 5.97 Å². The molecule has 1 unspecified atom stereocenters. The van der Waals surface area contributed by atoms with Gasteiger partial charge < -0.3 is 20.1 Å². The highest BCUT2D eigenvalue weighted by Gasteiger charge is 2.17. The Kier molecular flexibility index (Phi) is 4.41. The lowest BCUT2D eigenvalue weighted by Crippen LogP contribution is -2.37. The van der Waals surface area contributed by atoms with Crippen molar-refractivity contribution < 1.29 is 19.4 Å². The molecule has 1 atom stereocenters. The van der Waals surface area contributed by atoms with Gasteiger partial charge in [0.2, 0.25) is 5.56 Å². The zero-order chi connectivity index (χ0) is 12.8. The SMILES string of the molecule is COC(CNC(=O)c1ccc(=O)[nH]c1)C(=O)O. The Bertz CT molecular complexity index is 448. The zero-order valence-electron chi connectivity index (χ0n) is 9.10. The third-order valence-corrected chi connectivity index (χ3v) is 2.05. The number of carbonyl (C=O) groups excluding carboxylic acids is 1. The van der Waals surface area contributed by atoms with Crippen LogP contribution in [0.4, 0.5) is 0 Å². The summed E-state index contributed by atoms with van der Waals surface area (Å²) < 4.78 is 4.65. The maximum Gasteiger partial charge on any atom is 0.334 e. The van der Waals surface area contributed by atoms with Crippen molar-refractivity contribution in [1.82, 2.24) is 10.3 Å². The third kappa shape index (κ3) is 3.72. The number of ether oxygens (including phenoxy) is 1. The van der Waals surface area contributed by atoms with Crippen molar-refractivity contribution in [3.05, 3.63) is 34.2 Å². The number of carboxylic acids is 1. The van der Waals surface area contributed by atoms with Gasteiger partial charge in [0.25, 0.3) is 5.91 Å². The van der Waals surface area contributed by atoms with Crippen molar-refractivity contribution in [3.63, 3.8) is 0 Å². The van der Waals surface area contributed by atoms with Crippen molar-refractivity contribution in [1.29, 1.82) is 0 Å². The maximum atomic E-state index is 11.5. The number of aromatic amines is 1. The van der Waals surface area contributed by atoms with Crippen molar-refractivity contribution >= 4 is 11.9 Å². The molecule has 0 radical (unpaired) electrons. The summed E-state index contributed by atoms with van der Waals surface area (Å²) in [5, 5.41) is 11.1. The first-order valence-electron chi connectivity index (χ1n) is 4.77. The zero-order valence-corrected chi connectivity index (χ0v) is 9.10. The molecule has 1 aromatic heterocycles. The van der Waals surface area contributed by atoms with Crippen molar-refractivity contribution in [2.75, 3.05) is 13.7 Å². The quantitative estimate of drug-likeness (QED) is 0.624. The molecule has 0 aliphatic carbocycles. The minimum absolute atomic E-state index is 0.149. The normalized spacial score (nSPS) is 11.8. The van der Waals surface area contributed by atoms with E-state index in [4.69, 9.17) is 5.11 Å². The Morgan fingerprint density at radius 2 is 2.24 bits per heavy atom. The van der Waals surface area contributed by atoms with Crippen molar-refractivity contribution in [3.8, 4) is 0 Å². The second-order valence-electron chi connectivity index (χ2n) is 3.21. The molecule has 1 amide bonds. The van der Waals surface area contributed by atoms with Crippen LogP contribution in [0.3, 0.4) is 0 Å². The summed E-state index contributed by atoms with van der Waals surface area (Å²) in [6.07, 6.45) is 0.155. The average Bonchev–Trinajstić information content (AvgIpc) is 2.30.